The lowest BCUT2D eigenvalue weighted by Crippen LogP contribution is -2.41. The van der Waals surface area contributed by atoms with Gasteiger partial charge in [-0.05, 0) is 18.2 Å². The van der Waals surface area contributed by atoms with Gasteiger partial charge in [0.05, 0.1) is 18.9 Å². The molecule has 126 valence electrons. The van der Waals surface area contributed by atoms with Gasteiger partial charge >= 0.3 is 0 Å². The van der Waals surface area contributed by atoms with E-state index in [1.807, 2.05) is 0 Å². The number of morpholine rings is 1. The molecule has 2 amide bonds. The molecule has 0 radical (unpaired) electrons. The SMILES string of the molecule is CC(=O)Nc1cccc(-n2nnc(C(=O)N3CCOCC3)c2N)c1. The fourth-order valence-electron chi connectivity index (χ4n) is 2.47. The van der Waals surface area contributed by atoms with Crippen LogP contribution in [0.3, 0.4) is 0 Å². The van der Waals surface area contributed by atoms with Crippen molar-refractivity contribution < 1.29 is 14.3 Å². The lowest BCUT2D eigenvalue weighted by molar-refractivity contribution is -0.114. The van der Waals surface area contributed by atoms with Crippen molar-refractivity contribution in [2.24, 2.45) is 0 Å². The number of nitrogens with two attached hydrogens (primary N) is 1. The van der Waals surface area contributed by atoms with Gasteiger partial charge in [-0.2, -0.15) is 4.68 Å². The Morgan fingerprint density at radius 3 is 2.75 bits per heavy atom. The minimum Gasteiger partial charge on any atom is -0.382 e. The van der Waals surface area contributed by atoms with Gasteiger partial charge in [-0.1, -0.05) is 11.3 Å². The molecule has 1 aromatic heterocycles. The van der Waals surface area contributed by atoms with E-state index in [-0.39, 0.29) is 23.3 Å². The maximum absolute atomic E-state index is 12.5. The van der Waals surface area contributed by atoms with E-state index in [2.05, 4.69) is 15.6 Å². The minimum atomic E-state index is -0.264. The molecule has 1 saturated heterocycles. The van der Waals surface area contributed by atoms with Gasteiger partial charge in [-0.15, -0.1) is 5.10 Å². The van der Waals surface area contributed by atoms with Crippen LogP contribution in [0.5, 0.6) is 0 Å². The second-order valence-corrected chi connectivity index (χ2v) is 5.37. The molecule has 0 bridgehead atoms. The van der Waals surface area contributed by atoms with Crippen LogP contribution in [0, 0.1) is 0 Å². The quantitative estimate of drug-likeness (QED) is 0.835. The molecule has 2 heterocycles. The lowest BCUT2D eigenvalue weighted by Gasteiger charge is -2.26. The number of aromatic nitrogens is 3. The Morgan fingerprint density at radius 2 is 2.04 bits per heavy atom. The first kappa shape index (κ1) is 15.9. The van der Waals surface area contributed by atoms with Crippen molar-refractivity contribution in [3.05, 3.63) is 30.0 Å². The van der Waals surface area contributed by atoms with E-state index < -0.39 is 0 Å². The van der Waals surface area contributed by atoms with Crippen LogP contribution < -0.4 is 11.1 Å². The number of ether oxygens (including phenoxy) is 1. The first-order valence-corrected chi connectivity index (χ1v) is 7.52. The number of nitrogens with zero attached hydrogens (tertiary/aromatic N) is 4. The van der Waals surface area contributed by atoms with E-state index in [0.29, 0.717) is 37.7 Å². The smallest absolute Gasteiger partial charge is 0.278 e. The largest absolute Gasteiger partial charge is 0.382 e. The molecule has 0 unspecified atom stereocenters. The molecule has 0 atom stereocenters. The van der Waals surface area contributed by atoms with E-state index in [4.69, 9.17) is 10.5 Å². The normalized spacial score (nSPS) is 14.5. The van der Waals surface area contributed by atoms with Crippen LogP contribution in [0.1, 0.15) is 17.4 Å². The number of nitrogens with one attached hydrogen (secondary N) is 1. The predicted octanol–water partition coefficient (Wildman–Crippen LogP) is 0.280. The molecular weight excluding hydrogens is 312 g/mol. The highest BCUT2D eigenvalue weighted by atomic mass is 16.5. The third-order valence-corrected chi connectivity index (χ3v) is 3.62. The number of hydrogen-bond donors (Lipinski definition) is 2. The Bertz CT molecular complexity index is 766. The number of rotatable bonds is 3. The van der Waals surface area contributed by atoms with Crippen molar-refractivity contribution in [3.63, 3.8) is 0 Å². The van der Waals surface area contributed by atoms with E-state index >= 15 is 0 Å². The number of benzene rings is 1. The molecule has 1 aliphatic rings. The molecule has 0 aliphatic carbocycles. The van der Waals surface area contributed by atoms with Gasteiger partial charge in [0.1, 0.15) is 0 Å². The summed E-state index contributed by atoms with van der Waals surface area (Å²) in [6.45, 7) is 3.43. The van der Waals surface area contributed by atoms with E-state index in [0.717, 1.165) is 0 Å². The van der Waals surface area contributed by atoms with Crippen LogP contribution in [-0.2, 0) is 9.53 Å². The maximum atomic E-state index is 12.5. The van der Waals surface area contributed by atoms with E-state index in [1.54, 1.807) is 29.2 Å². The fraction of sp³-hybridized carbons (Fsp3) is 0.333. The molecular formula is C15H18N6O3. The van der Waals surface area contributed by atoms with Gasteiger partial charge in [0.25, 0.3) is 5.91 Å². The van der Waals surface area contributed by atoms with Gasteiger partial charge in [-0.25, -0.2) is 0 Å². The van der Waals surface area contributed by atoms with Crippen molar-refractivity contribution in [1.82, 2.24) is 19.9 Å². The summed E-state index contributed by atoms with van der Waals surface area (Å²) in [5.41, 5.74) is 7.39. The summed E-state index contributed by atoms with van der Waals surface area (Å²) in [5, 5.41) is 10.6. The Kier molecular flexibility index (Phi) is 4.43. The van der Waals surface area contributed by atoms with Gasteiger partial charge in [0.15, 0.2) is 11.5 Å². The second kappa shape index (κ2) is 6.67. The zero-order valence-electron chi connectivity index (χ0n) is 13.2. The van der Waals surface area contributed by atoms with Gasteiger partial charge < -0.3 is 20.7 Å². The summed E-state index contributed by atoms with van der Waals surface area (Å²) in [6.07, 6.45) is 0. The molecule has 2 aromatic rings. The third-order valence-electron chi connectivity index (χ3n) is 3.62. The summed E-state index contributed by atoms with van der Waals surface area (Å²) < 4.78 is 6.61. The zero-order valence-corrected chi connectivity index (χ0v) is 13.2. The summed E-state index contributed by atoms with van der Waals surface area (Å²) in [6, 6.07) is 6.97. The number of carbonyl (C=O) groups is 2. The van der Waals surface area contributed by atoms with Gasteiger partial charge in [0.2, 0.25) is 5.91 Å². The van der Waals surface area contributed by atoms with Crippen LogP contribution in [0.4, 0.5) is 11.5 Å². The van der Waals surface area contributed by atoms with Crippen molar-refractivity contribution in [2.45, 2.75) is 6.92 Å². The number of carbonyl (C=O) groups excluding carboxylic acids is 2. The molecule has 9 heteroatoms. The van der Waals surface area contributed by atoms with Crippen LogP contribution >= 0.6 is 0 Å². The summed E-state index contributed by atoms with van der Waals surface area (Å²) in [5.74, 6) is -0.284. The first-order valence-electron chi connectivity index (χ1n) is 7.52. The maximum Gasteiger partial charge on any atom is 0.278 e. The molecule has 1 aliphatic heterocycles. The number of nitrogen functional groups attached to an aromatic ring is 1. The Hall–Kier alpha value is -2.94. The predicted molar refractivity (Wildman–Crippen MR) is 86.8 cm³/mol. The van der Waals surface area contributed by atoms with E-state index in [1.165, 1.54) is 11.6 Å². The summed E-state index contributed by atoms with van der Waals surface area (Å²) in [4.78, 5) is 25.3. The number of amides is 2. The van der Waals surface area contributed by atoms with Crippen molar-refractivity contribution in [1.29, 1.82) is 0 Å². The summed E-state index contributed by atoms with van der Waals surface area (Å²) in [7, 11) is 0. The van der Waals surface area contributed by atoms with Crippen LogP contribution in [0.2, 0.25) is 0 Å². The van der Waals surface area contributed by atoms with Crippen LogP contribution in [0.25, 0.3) is 5.69 Å². The van der Waals surface area contributed by atoms with Gasteiger partial charge in [-0.3, -0.25) is 9.59 Å². The Labute approximate surface area is 138 Å². The van der Waals surface area contributed by atoms with Gasteiger partial charge in [0, 0.05) is 25.7 Å². The molecule has 9 nitrogen and oxygen atoms in total. The topological polar surface area (TPSA) is 115 Å². The standard InChI is InChI=1S/C15H18N6O3/c1-10(22)17-11-3-2-4-12(9-11)21-14(16)13(18-19-21)15(23)20-5-7-24-8-6-20/h2-4,9H,5-8,16H2,1H3,(H,17,22). The van der Waals surface area contributed by atoms with Crippen LogP contribution in [0.15, 0.2) is 24.3 Å². The molecule has 0 spiro atoms. The molecule has 1 aromatic carbocycles. The lowest BCUT2D eigenvalue weighted by atomic mass is 10.2. The zero-order chi connectivity index (χ0) is 17.1. The minimum absolute atomic E-state index is 0.113. The highest BCUT2D eigenvalue weighted by Crippen LogP contribution is 2.20. The third kappa shape index (κ3) is 3.20. The molecule has 3 N–H and O–H groups in total. The van der Waals surface area contributed by atoms with Crippen molar-refractivity contribution >= 4 is 23.3 Å². The molecule has 3 rings (SSSR count). The first-order chi connectivity index (χ1) is 11.6. The average molecular weight is 330 g/mol. The average Bonchev–Trinajstić information content (AvgIpc) is 2.96. The molecule has 0 saturated carbocycles. The fourth-order valence-corrected chi connectivity index (χ4v) is 2.47. The summed E-state index contributed by atoms with van der Waals surface area (Å²) >= 11 is 0. The second-order valence-electron chi connectivity index (χ2n) is 5.37. The number of hydrogen-bond acceptors (Lipinski definition) is 6. The Morgan fingerprint density at radius 1 is 1.29 bits per heavy atom. The monoisotopic (exact) mass is 330 g/mol. The highest BCUT2D eigenvalue weighted by Gasteiger charge is 2.25. The molecule has 1 fully saturated rings. The molecule has 24 heavy (non-hydrogen) atoms. The van der Waals surface area contributed by atoms with E-state index in [9.17, 15) is 9.59 Å². The number of anilines is 2. The van der Waals surface area contributed by atoms with Crippen LogP contribution in [-0.4, -0.2) is 58.0 Å². The van der Waals surface area contributed by atoms with Crippen molar-refractivity contribution in [2.75, 3.05) is 37.4 Å². The van der Waals surface area contributed by atoms with Crippen molar-refractivity contribution in [3.8, 4) is 5.69 Å². The Balaban J connectivity index is 1.87. The highest BCUT2D eigenvalue weighted by molar-refractivity contribution is 5.96.